The topological polar surface area (TPSA) is 48.1 Å². The van der Waals surface area contributed by atoms with Crippen molar-refractivity contribution in [2.45, 2.75) is 38.1 Å². The third kappa shape index (κ3) is 6.15. The molecule has 0 atom stereocenters. The zero-order valence-electron chi connectivity index (χ0n) is 12.0. The van der Waals surface area contributed by atoms with Gasteiger partial charge in [-0.3, -0.25) is 0 Å². The van der Waals surface area contributed by atoms with Gasteiger partial charge in [-0.15, -0.1) is 0 Å². The highest BCUT2D eigenvalue weighted by molar-refractivity contribution is 6.30. The first kappa shape index (κ1) is 15.8. The number of nitrogens with zero attached hydrogens (tertiary/aromatic N) is 1. The Morgan fingerprint density at radius 1 is 1.00 bits per heavy atom. The van der Waals surface area contributed by atoms with Crippen LogP contribution < -0.4 is 10.5 Å². The van der Waals surface area contributed by atoms with Gasteiger partial charge in [0.1, 0.15) is 5.75 Å². The molecule has 1 aromatic heterocycles. The molecule has 112 valence electrons. The Kier molecular flexibility index (Phi) is 6.51. The van der Waals surface area contributed by atoms with Crippen molar-refractivity contribution >= 4 is 11.6 Å². The van der Waals surface area contributed by atoms with Crippen molar-refractivity contribution in [3.8, 4) is 11.6 Å². The maximum atomic E-state index is 5.74. The lowest BCUT2D eigenvalue weighted by Crippen LogP contribution is -2.22. The van der Waals surface area contributed by atoms with E-state index in [4.69, 9.17) is 22.1 Å². The second-order valence-electron chi connectivity index (χ2n) is 5.12. The van der Waals surface area contributed by atoms with Crippen LogP contribution in [-0.2, 0) is 0 Å². The average molecular weight is 305 g/mol. The highest BCUT2D eigenvalue weighted by Gasteiger charge is 2.06. The summed E-state index contributed by atoms with van der Waals surface area (Å²) in [6, 6.07) is 13.2. The van der Waals surface area contributed by atoms with Crippen LogP contribution in [0, 0.1) is 0 Å². The predicted molar refractivity (Wildman–Crippen MR) is 86.8 cm³/mol. The number of halogens is 1. The number of pyridine rings is 1. The Hall–Kier alpha value is -1.58. The molecule has 21 heavy (non-hydrogen) atoms. The highest BCUT2D eigenvalue weighted by atomic mass is 35.5. The van der Waals surface area contributed by atoms with Crippen molar-refractivity contribution in [3.63, 3.8) is 0 Å². The van der Waals surface area contributed by atoms with E-state index in [2.05, 4.69) is 4.98 Å². The molecule has 2 N–H and O–H groups in total. The molecule has 0 saturated heterocycles. The van der Waals surface area contributed by atoms with Crippen LogP contribution in [-0.4, -0.2) is 11.0 Å². The molecule has 3 nitrogen and oxygen atoms in total. The molecule has 1 fully saturated rings. The third-order valence-electron chi connectivity index (χ3n) is 3.32. The van der Waals surface area contributed by atoms with Gasteiger partial charge in [0.2, 0.25) is 5.88 Å². The van der Waals surface area contributed by atoms with Gasteiger partial charge in [0.15, 0.2) is 0 Å². The molecule has 0 bridgehead atoms. The van der Waals surface area contributed by atoms with Crippen LogP contribution in [0.5, 0.6) is 11.6 Å². The van der Waals surface area contributed by atoms with E-state index in [-0.39, 0.29) is 0 Å². The van der Waals surface area contributed by atoms with E-state index >= 15 is 0 Å². The standard InChI is InChI=1S/C11H8ClNO.C6H13N/c12-9-4-6-10(7-5-9)14-11-3-1-2-8-13-11;7-6-4-2-1-3-5-6/h1-8H;6H,1-5,7H2. The summed E-state index contributed by atoms with van der Waals surface area (Å²) in [5.41, 5.74) is 5.63. The quantitative estimate of drug-likeness (QED) is 0.866. The highest BCUT2D eigenvalue weighted by Crippen LogP contribution is 2.20. The van der Waals surface area contributed by atoms with Crippen molar-refractivity contribution in [2.75, 3.05) is 0 Å². The Morgan fingerprint density at radius 3 is 2.24 bits per heavy atom. The van der Waals surface area contributed by atoms with E-state index in [1.807, 2.05) is 12.1 Å². The monoisotopic (exact) mass is 304 g/mol. The molecule has 1 aliphatic rings. The molecule has 0 radical (unpaired) electrons. The zero-order valence-corrected chi connectivity index (χ0v) is 12.8. The van der Waals surface area contributed by atoms with E-state index in [1.54, 1.807) is 36.5 Å². The first-order valence-corrected chi connectivity index (χ1v) is 7.72. The van der Waals surface area contributed by atoms with Crippen LogP contribution in [0.1, 0.15) is 32.1 Å². The van der Waals surface area contributed by atoms with Gasteiger partial charge in [0.25, 0.3) is 0 Å². The fraction of sp³-hybridized carbons (Fsp3) is 0.353. The molecule has 1 saturated carbocycles. The number of ether oxygens (including phenoxy) is 1. The molecule has 2 aromatic rings. The Bertz CT molecular complexity index is 510. The number of hydrogen-bond acceptors (Lipinski definition) is 3. The van der Waals surface area contributed by atoms with Crippen molar-refractivity contribution < 1.29 is 4.74 Å². The summed E-state index contributed by atoms with van der Waals surface area (Å²) in [6.07, 6.45) is 8.35. The van der Waals surface area contributed by atoms with Crippen molar-refractivity contribution in [3.05, 3.63) is 53.7 Å². The first-order valence-electron chi connectivity index (χ1n) is 7.34. The minimum absolute atomic E-state index is 0.536. The molecule has 0 spiro atoms. The molecule has 0 amide bonds. The van der Waals surface area contributed by atoms with Gasteiger partial charge in [-0.1, -0.05) is 36.9 Å². The van der Waals surface area contributed by atoms with Gasteiger partial charge in [-0.25, -0.2) is 4.98 Å². The summed E-state index contributed by atoms with van der Waals surface area (Å²) in [4.78, 5) is 4.04. The molecular formula is C17H21ClN2O. The molecule has 1 heterocycles. The minimum Gasteiger partial charge on any atom is -0.439 e. The predicted octanol–water partition coefficient (Wildman–Crippen LogP) is 4.81. The minimum atomic E-state index is 0.536. The normalized spacial score (nSPS) is 15.0. The Labute approximate surface area is 131 Å². The van der Waals surface area contributed by atoms with Gasteiger partial charge in [-0.2, -0.15) is 0 Å². The number of benzene rings is 1. The SMILES string of the molecule is Clc1ccc(Oc2ccccn2)cc1.NC1CCCCC1. The van der Waals surface area contributed by atoms with Crippen LogP contribution in [0.15, 0.2) is 48.7 Å². The molecule has 0 aliphatic heterocycles. The van der Waals surface area contributed by atoms with Crippen LogP contribution in [0.4, 0.5) is 0 Å². The van der Waals surface area contributed by atoms with E-state index < -0.39 is 0 Å². The maximum absolute atomic E-state index is 5.74. The summed E-state index contributed by atoms with van der Waals surface area (Å²) >= 11 is 5.74. The molecule has 1 aromatic carbocycles. The van der Waals surface area contributed by atoms with Crippen LogP contribution in [0.25, 0.3) is 0 Å². The molecule has 3 rings (SSSR count). The fourth-order valence-corrected chi connectivity index (χ4v) is 2.29. The number of rotatable bonds is 2. The molecule has 1 aliphatic carbocycles. The van der Waals surface area contributed by atoms with Gasteiger partial charge in [0, 0.05) is 23.3 Å². The fourth-order valence-electron chi connectivity index (χ4n) is 2.17. The maximum Gasteiger partial charge on any atom is 0.219 e. The average Bonchev–Trinajstić information content (AvgIpc) is 2.52. The smallest absolute Gasteiger partial charge is 0.219 e. The molecular weight excluding hydrogens is 284 g/mol. The van der Waals surface area contributed by atoms with E-state index in [0.29, 0.717) is 16.9 Å². The number of nitrogens with two attached hydrogens (primary N) is 1. The zero-order chi connectivity index (χ0) is 14.9. The third-order valence-corrected chi connectivity index (χ3v) is 3.58. The number of aromatic nitrogens is 1. The lowest BCUT2D eigenvalue weighted by molar-refractivity contribution is 0.441. The van der Waals surface area contributed by atoms with Gasteiger partial charge < -0.3 is 10.5 Å². The molecule has 4 heteroatoms. The van der Waals surface area contributed by atoms with Crippen molar-refractivity contribution in [1.29, 1.82) is 0 Å². The first-order chi connectivity index (χ1) is 10.2. The van der Waals surface area contributed by atoms with Crippen LogP contribution in [0.2, 0.25) is 5.02 Å². The van der Waals surface area contributed by atoms with Crippen LogP contribution >= 0.6 is 11.6 Å². The van der Waals surface area contributed by atoms with Crippen molar-refractivity contribution in [2.24, 2.45) is 5.73 Å². The summed E-state index contributed by atoms with van der Waals surface area (Å²) < 4.78 is 5.46. The largest absolute Gasteiger partial charge is 0.439 e. The van der Waals surface area contributed by atoms with Gasteiger partial charge in [0.05, 0.1) is 0 Å². The summed E-state index contributed by atoms with van der Waals surface area (Å²) in [5, 5.41) is 0.693. The second kappa shape index (κ2) is 8.65. The lowest BCUT2D eigenvalue weighted by atomic mass is 9.97. The summed E-state index contributed by atoms with van der Waals surface area (Å²) in [5.74, 6) is 1.31. The molecule has 0 unspecified atom stereocenters. The lowest BCUT2D eigenvalue weighted by Gasteiger charge is -2.15. The van der Waals surface area contributed by atoms with Crippen LogP contribution in [0.3, 0.4) is 0 Å². The Morgan fingerprint density at radius 2 is 1.71 bits per heavy atom. The van der Waals surface area contributed by atoms with Crippen molar-refractivity contribution in [1.82, 2.24) is 4.98 Å². The summed E-state index contributed by atoms with van der Waals surface area (Å²) in [7, 11) is 0. The Balaban J connectivity index is 0.000000194. The second-order valence-corrected chi connectivity index (χ2v) is 5.56. The van der Waals surface area contributed by atoms with E-state index in [0.717, 1.165) is 5.75 Å². The van der Waals surface area contributed by atoms with E-state index in [9.17, 15) is 0 Å². The van der Waals surface area contributed by atoms with Gasteiger partial charge >= 0.3 is 0 Å². The van der Waals surface area contributed by atoms with Gasteiger partial charge in [-0.05, 0) is 43.2 Å². The van der Waals surface area contributed by atoms with E-state index in [1.165, 1.54) is 32.1 Å². The number of hydrogen-bond donors (Lipinski definition) is 1. The summed E-state index contributed by atoms with van der Waals surface area (Å²) in [6.45, 7) is 0.